The Morgan fingerprint density at radius 2 is 2.04 bits per heavy atom. The molecule has 3 heterocycles. The summed E-state index contributed by atoms with van der Waals surface area (Å²) in [6.07, 6.45) is 1.90. The molecule has 7 nitrogen and oxygen atoms in total. The minimum absolute atomic E-state index is 0.0113. The predicted octanol–water partition coefficient (Wildman–Crippen LogP) is 3.27. The molecule has 0 saturated heterocycles. The lowest BCUT2D eigenvalue weighted by atomic mass is 10.1. The first-order chi connectivity index (χ1) is 13.0. The normalized spacial score (nSPS) is 12.3. The second-order valence-corrected chi connectivity index (χ2v) is 6.20. The number of hydrogen-bond donors (Lipinski definition) is 3. The number of aliphatic hydroxyl groups excluding tert-OH is 1. The number of nitrogens with zero attached hydrogens (tertiary/aromatic N) is 4. The molecule has 0 aliphatic carbocycles. The third-order valence-corrected chi connectivity index (χ3v) is 4.27. The number of nitrogens with one attached hydrogen (secondary N) is 1. The number of nitrogens with two attached hydrogens (primary N) is 1. The number of pyridine rings is 1. The van der Waals surface area contributed by atoms with E-state index in [1.165, 1.54) is 23.0 Å². The Kier molecular flexibility index (Phi) is 4.35. The molecular formula is C18H14ClFN6O. The average molecular weight is 385 g/mol. The second kappa shape index (κ2) is 6.82. The van der Waals surface area contributed by atoms with Crippen molar-refractivity contribution in [2.45, 2.75) is 6.23 Å². The Morgan fingerprint density at radius 3 is 2.85 bits per heavy atom. The van der Waals surface area contributed by atoms with E-state index in [0.29, 0.717) is 28.5 Å². The summed E-state index contributed by atoms with van der Waals surface area (Å²) in [6.45, 7) is 0. The van der Waals surface area contributed by atoms with E-state index in [1.807, 2.05) is 0 Å². The van der Waals surface area contributed by atoms with Gasteiger partial charge in [-0.05, 0) is 30.3 Å². The highest BCUT2D eigenvalue weighted by atomic mass is 35.5. The van der Waals surface area contributed by atoms with Crippen molar-refractivity contribution in [2.75, 3.05) is 11.1 Å². The maximum atomic E-state index is 14.3. The van der Waals surface area contributed by atoms with Crippen LogP contribution in [0, 0.1) is 5.82 Å². The van der Waals surface area contributed by atoms with Crippen LogP contribution in [0.1, 0.15) is 11.9 Å². The number of aliphatic hydroxyl groups is 1. The van der Waals surface area contributed by atoms with E-state index in [2.05, 4.69) is 20.4 Å². The zero-order valence-corrected chi connectivity index (χ0v) is 14.6. The van der Waals surface area contributed by atoms with Crippen LogP contribution in [0.5, 0.6) is 0 Å². The highest BCUT2D eigenvalue weighted by Gasteiger charge is 2.16. The Labute approximate surface area is 158 Å². The summed E-state index contributed by atoms with van der Waals surface area (Å²) in [4.78, 5) is 8.12. The fraction of sp³-hybridized carbons (Fsp3) is 0.0556. The smallest absolute Gasteiger partial charge is 0.169 e. The first-order valence-corrected chi connectivity index (χ1v) is 8.36. The number of anilines is 2. The molecule has 0 saturated carbocycles. The van der Waals surface area contributed by atoms with E-state index in [0.717, 1.165) is 0 Å². The highest BCUT2D eigenvalue weighted by Crippen LogP contribution is 2.27. The van der Waals surface area contributed by atoms with Crippen molar-refractivity contribution in [2.24, 2.45) is 0 Å². The van der Waals surface area contributed by atoms with Gasteiger partial charge < -0.3 is 16.2 Å². The maximum Gasteiger partial charge on any atom is 0.169 e. The third kappa shape index (κ3) is 3.27. The summed E-state index contributed by atoms with van der Waals surface area (Å²) >= 11 is 5.86. The lowest BCUT2D eigenvalue weighted by Crippen LogP contribution is -2.13. The van der Waals surface area contributed by atoms with E-state index in [4.69, 9.17) is 17.3 Å². The molecule has 0 aliphatic heterocycles. The first kappa shape index (κ1) is 17.2. The zero-order valence-electron chi connectivity index (χ0n) is 13.8. The molecule has 1 atom stereocenters. The van der Waals surface area contributed by atoms with Crippen LogP contribution < -0.4 is 11.1 Å². The Morgan fingerprint density at radius 1 is 1.19 bits per heavy atom. The average Bonchev–Trinajstić information content (AvgIpc) is 3.07. The number of aromatic nitrogens is 4. The lowest BCUT2D eigenvalue weighted by molar-refractivity contribution is 0.201. The van der Waals surface area contributed by atoms with Crippen molar-refractivity contribution < 1.29 is 9.50 Å². The van der Waals surface area contributed by atoms with Crippen LogP contribution in [-0.2, 0) is 0 Å². The summed E-state index contributed by atoms with van der Waals surface area (Å²) in [5.41, 5.74) is 7.74. The van der Waals surface area contributed by atoms with Gasteiger partial charge in [-0.25, -0.2) is 18.9 Å². The summed E-state index contributed by atoms with van der Waals surface area (Å²) < 4.78 is 15.8. The maximum absolute atomic E-state index is 14.3. The molecule has 0 amide bonds. The number of rotatable bonds is 4. The summed E-state index contributed by atoms with van der Waals surface area (Å²) in [6, 6.07) is 11.3. The van der Waals surface area contributed by atoms with Crippen molar-refractivity contribution in [1.29, 1.82) is 0 Å². The van der Waals surface area contributed by atoms with Crippen molar-refractivity contribution >= 4 is 28.8 Å². The molecule has 0 spiro atoms. The van der Waals surface area contributed by atoms with Crippen LogP contribution in [0.2, 0.25) is 5.02 Å². The molecule has 4 aromatic rings. The lowest BCUT2D eigenvalue weighted by Gasteiger charge is -2.14. The Balaban J connectivity index is 1.73. The minimum Gasteiger partial charge on any atom is -0.384 e. The van der Waals surface area contributed by atoms with Crippen molar-refractivity contribution in [3.63, 3.8) is 0 Å². The predicted molar refractivity (Wildman–Crippen MR) is 101 cm³/mol. The van der Waals surface area contributed by atoms with Gasteiger partial charge in [0.2, 0.25) is 0 Å². The second-order valence-electron chi connectivity index (χ2n) is 5.79. The zero-order chi connectivity index (χ0) is 19.0. The standard InChI is InChI=1S/C18H14ClFN6O/c19-12-3-1-2-11(17(12)20)13-4-5-16-23-9-14(26(16)25-13)18(27)24-10-6-7-22-15(21)8-10/h1-9,18,27H,(H3,21,22,24). The summed E-state index contributed by atoms with van der Waals surface area (Å²) in [5, 5.41) is 17.9. The van der Waals surface area contributed by atoms with Gasteiger partial charge >= 0.3 is 0 Å². The van der Waals surface area contributed by atoms with Crippen LogP contribution in [0.4, 0.5) is 15.9 Å². The molecule has 4 rings (SSSR count). The van der Waals surface area contributed by atoms with Crippen molar-refractivity contribution in [1.82, 2.24) is 19.6 Å². The number of imidazole rings is 1. The van der Waals surface area contributed by atoms with Gasteiger partial charge in [-0.2, -0.15) is 5.10 Å². The van der Waals surface area contributed by atoms with E-state index in [9.17, 15) is 9.50 Å². The molecule has 1 aromatic carbocycles. The van der Waals surface area contributed by atoms with Gasteiger partial charge in [0, 0.05) is 23.5 Å². The van der Waals surface area contributed by atoms with Crippen LogP contribution >= 0.6 is 11.6 Å². The number of benzene rings is 1. The number of halogens is 2. The van der Waals surface area contributed by atoms with Gasteiger partial charge in [-0.15, -0.1) is 0 Å². The molecule has 4 N–H and O–H groups in total. The largest absolute Gasteiger partial charge is 0.384 e. The van der Waals surface area contributed by atoms with Gasteiger partial charge in [0.15, 0.2) is 17.7 Å². The van der Waals surface area contributed by atoms with Gasteiger partial charge in [0.25, 0.3) is 0 Å². The monoisotopic (exact) mass is 384 g/mol. The molecule has 0 radical (unpaired) electrons. The Hall–Kier alpha value is -3.23. The fourth-order valence-electron chi connectivity index (χ4n) is 2.69. The first-order valence-electron chi connectivity index (χ1n) is 7.98. The minimum atomic E-state index is -1.12. The van der Waals surface area contributed by atoms with Crippen LogP contribution in [-0.4, -0.2) is 24.7 Å². The summed E-state index contributed by atoms with van der Waals surface area (Å²) in [7, 11) is 0. The van der Waals surface area contributed by atoms with Gasteiger partial charge in [0.05, 0.1) is 16.9 Å². The Bertz CT molecular complexity index is 1130. The quantitative estimate of drug-likeness (QED) is 0.467. The molecule has 0 aliphatic rings. The van der Waals surface area contributed by atoms with E-state index in [1.54, 1.807) is 36.4 Å². The van der Waals surface area contributed by atoms with Crippen molar-refractivity contribution in [3.8, 4) is 11.3 Å². The molecule has 0 bridgehead atoms. The van der Waals surface area contributed by atoms with Gasteiger partial charge in [-0.1, -0.05) is 17.7 Å². The number of fused-ring (bicyclic) bond motifs is 1. The fourth-order valence-corrected chi connectivity index (χ4v) is 2.87. The molecule has 1 unspecified atom stereocenters. The molecule has 0 fully saturated rings. The van der Waals surface area contributed by atoms with E-state index < -0.39 is 12.0 Å². The van der Waals surface area contributed by atoms with Crippen molar-refractivity contribution in [3.05, 3.63) is 71.4 Å². The molecular weight excluding hydrogens is 371 g/mol. The van der Waals surface area contributed by atoms with Crippen LogP contribution in [0.3, 0.4) is 0 Å². The molecule has 27 heavy (non-hydrogen) atoms. The van der Waals surface area contributed by atoms with Gasteiger partial charge in [-0.3, -0.25) is 0 Å². The molecule has 3 aromatic heterocycles. The van der Waals surface area contributed by atoms with E-state index >= 15 is 0 Å². The highest BCUT2D eigenvalue weighted by molar-refractivity contribution is 6.31. The molecule has 9 heteroatoms. The third-order valence-electron chi connectivity index (χ3n) is 3.98. The number of hydrogen-bond acceptors (Lipinski definition) is 6. The number of nitrogen functional groups attached to an aromatic ring is 1. The van der Waals surface area contributed by atoms with Crippen LogP contribution in [0.25, 0.3) is 16.9 Å². The van der Waals surface area contributed by atoms with E-state index in [-0.39, 0.29) is 10.6 Å². The SMILES string of the molecule is Nc1cc(NC(O)c2cnc3ccc(-c4cccc(Cl)c4F)nn23)ccn1. The molecule has 136 valence electrons. The topological polar surface area (TPSA) is 101 Å². The summed E-state index contributed by atoms with van der Waals surface area (Å²) in [5.74, 6) is -0.235. The van der Waals surface area contributed by atoms with Gasteiger partial charge in [0.1, 0.15) is 11.5 Å². The van der Waals surface area contributed by atoms with Crippen LogP contribution in [0.15, 0.2) is 54.9 Å².